The first-order valence-corrected chi connectivity index (χ1v) is 10.9. The van der Waals surface area contributed by atoms with Gasteiger partial charge in [-0.1, -0.05) is 11.6 Å². The highest BCUT2D eigenvalue weighted by Crippen LogP contribution is 2.31. The number of likely N-dealkylation sites (N-methyl/N-ethyl adjacent to an activating group) is 1. The lowest BCUT2D eigenvalue weighted by atomic mass is 9.83. The molecule has 12 N–H and O–H groups in total. The minimum Gasteiger partial charge on any atom is -0.388 e. The van der Waals surface area contributed by atoms with E-state index < -0.39 is 54.4 Å². The maximum absolute atomic E-state index is 11.1. The van der Waals surface area contributed by atoms with Crippen LogP contribution in [-0.4, -0.2) is 102 Å². The van der Waals surface area contributed by atoms with E-state index in [-0.39, 0.29) is 18.8 Å². The van der Waals surface area contributed by atoms with Crippen LogP contribution in [0, 0.1) is 0 Å². The van der Waals surface area contributed by atoms with Gasteiger partial charge in [-0.2, -0.15) is 0 Å². The van der Waals surface area contributed by atoms with Crippen molar-refractivity contribution in [2.45, 2.75) is 92.8 Å². The van der Waals surface area contributed by atoms with Gasteiger partial charge in [0.2, 0.25) is 0 Å². The minimum absolute atomic E-state index is 0.0527. The molecule has 0 aromatic heterocycles. The largest absolute Gasteiger partial charge is 0.388 e. The number of aliphatic hydroxyl groups is 3. The smallest absolute Gasteiger partial charge is 0.185 e. The van der Waals surface area contributed by atoms with Gasteiger partial charge in [0.1, 0.15) is 30.0 Å². The molecule has 0 radical (unpaired) electrons. The highest BCUT2D eigenvalue weighted by Gasteiger charge is 2.50. The summed E-state index contributed by atoms with van der Waals surface area (Å²) in [6.45, 7) is 1.94. The van der Waals surface area contributed by atoms with Crippen molar-refractivity contribution in [3.05, 3.63) is 11.6 Å². The summed E-state index contributed by atoms with van der Waals surface area (Å²) in [5, 5.41) is 35.0. The summed E-state index contributed by atoms with van der Waals surface area (Å²) in [6.07, 6.45) is -1.77. The first-order chi connectivity index (χ1) is 14.6. The monoisotopic (exact) mass is 445 g/mol. The van der Waals surface area contributed by atoms with Gasteiger partial charge in [-0.3, -0.25) is 0 Å². The normalized spacial score (nSPS) is 49.0. The Kier molecular flexibility index (Phi) is 8.09. The third-order valence-corrected chi connectivity index (χ3v) is 6.71. The van der Waals surface area contributed by atoms with E-state index in [1.54, 1.807) is 14.0 Å². The summed E-state index contributed by atoms with van der Waals surface area (Å²) >= 11 is 0. The number of nitrogens with one attached hydrogen (secondary N) is 1. The van der Waals surface area contributed by atoms with Crippen LogP contribution in [0.1, 0.15) is 26.2 Å². The lowest BCUT2D eigenvalue weighted by molar-refractivity contribution is -0.299. The fourth-order valence-corrected chi connectivity index (χ4v) is 4.82. The maximum Gasteiger partial charge on any atom is 0.185 e. The van der Waals surface area contributed by atoms with Gasteiger partial charge >= 0.3 is 0 Å². The molecule has 1 heterocycles. The van der Waals surface area contributed by atoms with Crippen LogP contribution < -0.4 is 28.3 Å². The molecule has 0 aromatic rings. The second-order valence-electron chi connectivity index (χ2n) is 9.26. The predicted octanol–water partition coefficient (Wildman–Crippen LogP) is -3.39. The fraction of sp³-hybridized carbons (Fsp3) is 0.900. The second-order valence-corrected chi connectivity index (χ2v) is 9.26. The number of hydrogen-bond acceptors (Lipinski definition) is 11. The molecule has 2 aliphatic carbocycles. The van der Waals surface area contributed by atoms with E-state index in [0.29, 0.717) is 25.8 Å². The van der Waals surface area contributed by atoms with Gasteiger partial charge in [0.15, 0.2) is 6.29 Å². The third kappa shape index (κ3) is 5.28. The van der Waals surface area contributed by atoms with Crippen molar-refractivity contribution >= 4 is 0 Å². The SMILES string of the molecule is CNC1C(O)C(OC2C(N)CC(N)C(OC3CC(CN)=CCC3N)C2O)OCC1(C)O. The number of rotatable bonds is 6. The van der Waals surface area contributed by atoms with Crippen LogP contribution in [0.25, 0.3) is 0 Å². The third-order valence-electron chi connectivity index (χ3n) is 6.71. The van der Waals surface area contributed by atoms with Gasteiger partial charge < -0.3 is 57.8 Å². The van der Waals surface area contributed by atoms with Crippen molar-refractivity contribution in [1.82, 2.24) is 5.32 Å². The molecule has 1 aliphatic heterocycles. The summed E-state index contributed by atoms with van der Waals surface area (Å²) < 4.78 is 17.7. The molecule has 0 spiro atoms. The zero-order chi connectivity index (χ0) is 22.9. The van der Waals surface area contributed by atoms with E-state index in [2.05, 4.69) is 5.32 Å². The van der Waals surface area contributed by atoms with Crippen LogP contribution in [0.3, 0.4) is 0 Å². The van der Waals surface area contributed by atoms with E-state index >= 15 is 0 Å². The average molecular weight is 446 g/mol. The van der Waals surface area contributed by atoms with Crippen LogP contribution in [0.5, 0.6) is 0 Å². The van der Waals surface area contributed by atoms with Crippen molar-refractivity contribution < 1.29 is 29.5 Å². The summed E-state index contributed by atoms with van der Waals surface area (Å²) in [4.78, 5) is 0. The average Bonchev–Trinajstić information content (AvgIpc) is 2.71. The Labute approximate surface area is 183 Å². The Morgan fingerprint density at radius 2 is 1.77 bits per heavy atom. The molecule has 11 nitrogen and oxygen atoms in total. The Bertz CT molecular complexity index is 637. The minimum atomic E-state index is -1.28. The summed E-state index contributed by atoms with van der Waals surface area (Å²) in [5.41, 5.74) is 24.3. The van der Waals surface area contributed by atoms with Gasteiger partial charge in [-0.15, -0.1) is 0 Å². The number of ether oxygens (including phenoxy) is 3. The molecule has 11 unspecified atom stereocenters. The Hall–Kier alpha value is -0.700. The Morgan fingerprint density at radius 1 is 1.13 bits per heavy atom. The standard InChI is InChI=1S/C20H39N5O6/c1-20(28)8-29-19(15(27)18(20)25-2)31-17-12(24)6-11(23)16(14(17)26)30-13-5-9(7-21)3-4-10(13)22/h3,10-19,25-28H,4-8,21-24H2,1-2H3. The zero-order valence-electron chi connectivity index (χ0n) is 18.3. The molecular weight excluding hydrogens is 406 g/mol. The molecule has 1 saturated carbocycles. The molecule has 0 bridgehead atoms. The molecule has 1 saturated heterocycles. The number of aliphatic hydroxyl groups excluding tert-OH is 2. The topological polar surface area (TPSA) is 204 Å². The molecule has 31 heavy (non-hydrogen) atoms. The van der Waals surface area contributed by atoms with E-state index in [1.807, 2.05) is 6.08 Å². The second kappa shape index (κ2) is 10.1. The maximum atomic E-state index is 11.1. The molecule has 3 rings (SSSR count). The van der Waals surface area contributed by atoms with Crippen molar-refractivity contribution in [3.63, 3.8) is 0 Å². The van der Waals surface area contributed by atoms with Crippen molar-refractivity contribution in [3.8, 4) is 0 Å². The van der Waals surface area contributed by atoms with Crippen LogP contribution in [-0.2, 0) is 14.2 Å². The van der Waals surface area contributed by atoms with Gasteiger partial charge in [0.25, 0.3) is 0 Å². The number of nitrogens with two attached hydrogens (primary N) is 4. The van der Waals surface area contributed by atoms with E-state index in [4.69, 9.17) is 37.1 Å². The fourth-order valence-electron chi connectivity index (χ4n) is 4.82. The molecule has 3 aliphatic rings. The summed E-state index contributed by atoms with van der Waals surface area (Å²) in [7, 11) is 1.63. The van der Waals surface area contributed by atoms with E-state index in [1.165, 1.54) is 0 Å². The summed E-state index contributed by atoms with van der Waals surface area (Å²) in [6, 6.07) is -2.01. The molecule has 0 aromatic carbocycles. The van der Waals surface area contributed by atoms with Gasteiger partial charge in [-0.25, -0.2) is 0 Å². The predicted molar refractivity (Wildman–Crippen MR) is 114 cm³/mol. The zero-order valence-corrected chi connectivity index (χ0v) is 18.3. The first-order valence-electron chi connectivity index (χ1n) is 10.9. The van der Waals surface area contributed by atoms with Crippen LogP contribution >= 0.6 is 0 Å². The van der Waals surface area contributed by atoms with Crippen LogP contribution in [0.15, 0.2) is 11.6 Å². The van der Waals surface area contributed by atoms with Crippen LogP contribution in [0.2, 0.25) is 0 Å². The lowest BCUT2D eigenvalue weighted by Crippen LogP contribution is -2.68. The Balaban J connectivity index is 1.69. The molecule has 11 atom stereocenters. The first kappa shape index (κ1) is 24.9. The van der Waals surface area contributed by atoms with Crippen molar-refractivity contribution in [2.24, 2.45) is 22.9 Å². The van der Waals surface area contributed by atoms with Crippen LogP contribution in [0.4, 0.5) is 0 Å². The lowest BCUT2D eigenvalue weighted by Gasteiger charge is -2.48. The van der Waals surface area contributed by atoms with Crippen molar-refractivity contribution in [2.75, 3.05) is 20.2 Å². The number of hydrogen-bond donors (Lipinski definition) is 8. The van der Waals surface area contributed by atoms with Gasteiger partial charge in [-0.05, 0) is 33.2 Å². The molecule has 180 valence electrons. The highest BCUT2D eigenvalue weighted by atomic mass is 16.7. The molecular formula is C20H39N5O6. The Morgan fingerprint density at radius 3 is 2.39 bits per heavy atom. The molecule has 2 fully saturated rings. The van der Waals surface area contributed by atoms with Crippen molar-refractivity contribution in [1.29, 1.82) is 0 Å². The molecule has 11 heteroatoms. The van der Waals surface area contributed by atoms with Gasteiger partial charge in [0, 0.05) is 24.7 Å². The highest BCUT2D eigenvalue weighted by molar-refractivity contribution is 5.12. The summed E-state index contributed by atoms with van der Waals surface area (Å²) in [5.74, 6) is 0. The van der Waals surface area contributed by atoms with Gasteiger partial charge in [0.05, 0.1) is 18.8 Å². The van der Waals surface area contributed by atoms with E-state index in [9.17, 15) is 15.3 Å². The van der Waals surface area contributed by atoms with E-state index in [0.717, 1.165) is 5.57 Å². The molecule has 0 amide bonds. The quantitative estimate of drug-likeness (QED) is 0.189.